The second kappa shape index (κ2) is 7.43. The SMILES string of the molecule is COc1ccc(OC)c(Nc2cnnc(Nc3ccc(F)cc3)n2)c1. The third kappa shape index (κ3) is 4.11. The number of nitrogens with zero attached hydrogens (tertiary/aromatic N) is 3. The van der Waals surface area contributed by atoms with Gasteiger partial charge in [0.25, 0.3) is 0 Å². The number of rotatable bonds is 6. The van der Waals surface area contributed by atoms with Crippen LogP contribution in [0.15, 0.2) is 48.7 Å². The number of hydrogen-bond donors (Lipinski definition) is 2. The molecule has 0 radical (unpaired) electrons. The third-order valence-corrected chi connectivity index (χ3v) is 3.33. The van der Waals surface area contributed by atoms with Crippen molar-refractivity contribution in [2.24, 2.45) is 0 Å². The van der Waals surface area contributed by atoms with E-state index in [-0.39, 0.29) is 11.8 Å². The van der Waals surface area contributed by atoms with Gasteiger partial charge in [0.1, 0.15) is 17.3 Å². The summed E-state index contributed by atoms with van der Waals surface area (Å²) >= 11 is 0. The molecule has 0 saturated carbocycles. The molecule has 0 spiro atoms. The molecule has 0 saturated heterocycles. The van der Waals surface area contributed by atoms with Crippen LogP contribution in [0.25, 0.3) is 0 Å². The Balaban J connectivity index is 1.81. The maximum atomic E-state index is 13.0. The van der Waals surface area contributed by atoms with Gasteiger partial charge in [-0.2, -0.15) is 10.1 Å². The van der Waals surface area contributed by atoms with Crippen LogP contribution in [0.2, 0.25) is 0 Å². The summed E-state index contributed by atoms with van der Waals surface area (Å²) in [5, 5.41) is 13.9. The van der Waals surface area contributed by atoms with Gasteiger partial charge in [-0.05, 0) is 36.4 Å². The van der Waals surface area contributed by atoms with Crippen molar-refractivity contribution >= 4 is 23.1 Å². The zero-order chi connectivity index (χ0) is 17.6. The molecular weight excluding hydrogens is 325 g/mol. The number of nitrogens with one attached hydrogen (secondary N) is 2. The van der Waals surface area contributed by atoms with Crippen molar-refractivity contribution in [2.75, 3.05) is 24.9 Å². The van der Waals surface area contributed by atoms with E-state index in [2.05, 4.69) is 25.8 Å². The predicted molar refractivity (Wildman–Crippen MR) is 92.3 cm³/mol. The summed E-state index contributed by atoms with van der Waals surface area (Å²) < 4.78 is 23.5. The number of benzene rings is 2. The van der Waals surface area contributed by atoms with Crippen LogP contribution in [-0.4, -0.2) is 29.4 Å². The number of anilines is 4. The third-order valence-electron chi connectivity index (χ3n) is 3.33. The molecule has 0 aliphatic heterocycles. The molecule has 3 aromatic rings. The number of methoxy groups -OCH3 is 2. The van der Waals surface area contributed by atoms with Crippen LogP contribution in [0.1, 0.15) is 0 Å². The van der Waals surface area contributed by atoms with Gasteiger partial charge in [-0.15, -0.1) is 5.10 Å². The van der Waals surface area contributed by atoms with Crippen LogP contribution in [0.3, 0.4) is 0 Å². The molecule has 3 rings (SSSR count). The average Bonchev–Trinajstić information content (AvgIpc) is 2.64. The first-order valence-electron chi connectivity index (χ1n) is 7.39. The van der Waals surface area contributed by atoms with Crippen LogP contribution < -0.4 is 20.1 Å². The van der Waals surface area contributed by atoms with Crippen LogP contribution in [0, 0.1) is 5.82 Å². The Morgan fingerprint density at radius 3 is 2.48 bits per heavy atom. The number of hydrogen-bond acceptors (Lipinski definition) is 7. The molecule has 1 aromatic heterocycles. The molecule has 8 heteroatoms. The molecule has 0 aliphatic carbocycles. The summed E-state index contributed by atoms with van der Waals surface area (Å²) in [6, 6.07) is 11.2. The summed E-state index contributed by atoms with van der Waals surface area (Å²) in [6.45, 7) is 0. The minimum absolute atomic E-state index is 0.276. The second-order valence-electron chi connectivity index (χ2n) is 4.99. The second-order valence-corrected chi connectivity index (χ2v) is 4.99. The molecule has 0 atom stereocenters. The quantitative estimate of drug-likeness (QED) is 0.710. The van der Waals surface area contributed by atoms with E-state index in [0.717, 1.165) is 0 Å². The van der Waals surface area contributed by atoms with Crippen LogP contribution >= 0.6 is 0 Å². The smallest absolute Gasteiger partial charge is 0.249 e. The van der Waals surface area contributed by atoms with Gasteiger partial charge in [-0.3, -0.25) is 0 Å². The molecule has 128 valence electrons. The van der Waals surface area contributed by atoms with Gasteiger partial charge in [0, 0.05) is 11.8 Å². The highest BCUT2D eigenvalue weighted by atomic mass is 19.1. The number of halogens is 1. The lowest BCUT2D eigenvalue weighted by molar-refractivity contribution is 0.405. The Hall–Kier alpha value is -3.42. The molecule has 0 aliphatic rings. The Kier molecular flexibility index (Phi) is 4.89. The van der Waals surface area contributed by atoms with Crippen LogP contribution in [-0.2, 0) is 0 Å². The summed E-state index contributed by atoms with van der Waals surface area (Å²) in [6.07, 6.45) is 1.48. The maximum Gasteiger partial charge on any atom is 0.249 e. The fraction of sp³-hybridized carbons (Fsp3) is 0.118. The zero-order valence-electron chi connectivity index (χ0n) is 13.7. The summed E-state index contributed by atoms with van der Waals surface area (Å²) in [5.74, 6) is 1.73. The average molecular weight is 341 g/mol. The first-order chi connectivity index (χ1) is 12.2. The first kappa shape index (κ1) is 16.4. The van der Waals surface area contributed by atoms with Crippen molar-refractivity contribution in [2.45, 2.75) is 0 Å². The largest absolute Gasteiger partial charge is 0.497 e. The number of ether oxygens (including phenoxy) is 2. The van der Waals surface area contributed by atoms with E-state index in [1.165, 1.54) is 18.3 Å². The van der Waals surface area contributed by atoms with E-state index >= 15 is 0 Å². The summed E-state index contributed by atoms with van der Waals surface area (Å²) in [4.78, 5) is 4.33. The maximum absolute atomic E-state index is 13.0. The molecule has 2 N–H and O–H groups in total. The fourth-order valence-corrected chi connectivity index (χ4v) is 2.13. The van der Waals surface area contributed by atoms with Crippen LogP contribution in [0.5, 0.6) is 11.5 Å². The van der Waals surface area contributed by atoms with Crippen molar-refractivity contribution < 1.29 is 13.9 Å². The molecule has 0 bridgehead atoms. The van der Waals surface area contributed by atoms with Gasteiger partial charge in [0.15, 0.2) is 5.82 Å². The van der Waals surface area contributed by atoms with Gasteiger partial charge in [-0.25, -0.2) is 4.39 Å². The molecule has 7 nitrogen and oxygen atoms in total. The highest BCUT2D eigenvalue weighted by Gasteiger charge is 2.08. The molecule has 0 fully saturated rings. The van der Waals surface area contributed by atoms with Gasteiger partial charge in [0.05, 0.1) is 26.1 Å². The minimum Gasteiger partial charge on any atom is -0.497 e. The van der Waals surface area contributed by atoms with Gasteiger partial charge < -0.3 is 20.1 Å². The van der Waals surface area contributed by atoms with E-state index in [0.29, 0.717) is 28.7 Å². The topological polar surface area (TPSA) is 81.2 Å². The van der Waals surface area contributed by atoms with Crippen molar-refractivity contribution in [1.29, 1.82) is 0 Å². The Morgan fingerprint density at radius 2 is 1.76 bits per heavy atom. The zero-order valence-corrected chi connectivity index (χ0v) is 13.7. The summed E-state index contributed by atoms with van der Waals surface area (Å²) in [5.41, 5.74) is 1.33. The highest BCUT2D eigenvalue weighted by molar-refractivity contribution is 5.66. The minimum atomic E-state index is -0.315. The van der Waals surface area contributed by atoms with Gasteiger partial charge >= 0.3 is 0 Å². The molecule has 2 aromatic carbocycles. The van der Waals surface area contributed by atoms with Crippen molar-refractivity contribution in [3.8, 4) is 11.5 Å². The standard InChI is InChI=1S/C17H16FN5O2/c1-24-13-7-8-15(25-2)14(9-13)21-16-10-19-23-17(22-16)20-12-5-3-11(18)4-6-12/h3-10H,1-2H3,(H2,20,21,22,23). The molecular formula is C17H16FN5O2. The van der Waals surface area contributed by atoms with Crippen LogP contribution in [0.4, 0.5) is 27.5 Å². The monoisotopic (exact) mass is 341 g/mol. The van der Waals surface area contributed by atoms with E-state index in [4.69, 9.17) is 9.47 Å². The number of aromatic nitrogens is 3. The van der Waals surface area contributed by atoms with E-state index in [1.807, 2.05) is 0 Å². The van der Waals surface area contributed by atoms with Gasteiger partial charge in [0.2, 0.25) is 5.95 Å². The van der Waals surface area contributed by atoms with Gasteiger partial charge in [-0.1, -0.05) is 0 Å². The Bertz CT molecular complexity index is 858. The lowest BCUT2D eigenvalue weighted by Crippen LogP contribution is -2.03. The lowest BCUT2D eigenvalue weighted by atomic mass is 10.2. The Labute approximate surface area is 143 Å². The normalized spacial score (nSPS) is 10.2. The Morgan fingerprint density at radius 1 is 0.960 bits per heavy atom. The predicted octanol–water partition coefficient (Wildman–Crippen LogP) is 3.52. The first-order valence-corrected chi connectivity index (χ1v) is 7.39. The summed E-state index contributed by atoms with van der Waals surface area (Å²) in [7, 11) is 3.16. The fourth-order valence-electron chi connectivity index (χ4n) is 2.13. The lowest BCUT2D eigenvalue weighted by Gasteiger charge is -2.12. The van der Waals surface area contributed by atoms with Crippen molar-refractivity contribution in [1.82, 2.24) is 15.2 Å². The molecule has 1 heterocycles. The van der Waals surface area contributed by atoms with E-state index in [1.54, 1.807) is 44.6 Å². The molecule has 0 amide bonds. The highest BCUT2D eigenvalue weighted by Crippen LogP contribution is 2.31. The van der Waals surface area contributed by atoms with E-state index in [9.17, 15) is 4.39 Å². The van der Waals surface area contributed by atoms with Crippen molar-refractivity contribution in [3.05, 3.63) is 54.5 Å². The molecule has 25 heavy (non-hydrogen) atoms. The van der Waals surface area contributed by atoms with Crippen molar-refractivity contribution in [3.63, 3.8) is 0 Å². The van der Waals surface area contributed by atoms with E-state index < -0.39 is 0 Å². The molecule has 0 unspecified atom stereocenters.